The Kier molecular flexibility index (Phi) is 9.47. The molecule has 3 heterocycles. The number of benzene rings is 1. The molecule has 45 heavy (non-hydrogen) atoms. The molecule has 2 saturated heterocycles. The molecule has 17 heteroatoms. The van der Waals surface area contributed by atoms with Gasteiger partial charge >= 0.3 is 5.76 Å². The smallest absolute Gasteiger partial charge is 0.305 e. The van der Waals surface area contributed by atoms with Crippen molar-refractivity contribution in [2.45, 2.75) is 67.5 Å². The zero-order valence-electron chi connectivity index (χ0n) is 23.6. The summed E-state index contributed by atoms with van der Waals surface area (Å²) < 4.78 is 32.0. The van der Waals surface area contributed by atoms with Gasteiger partial charge in [0.15, 0.2) is 17.8 Å². The van der Waals surface area contributed by atoms with Crippen LogP contribution in [0.3, 0.4) is 0 Å². The summed E-state index contributed by atoms with van der Waals surface area (Å²) in [5.41, 5.74) is 0.290. The quantitative estimate of drug-likeness (QED) is 0.100. The summed E-state index contributed by atoms with van der Waals surface area (Å²) in [6.45, 7) is -1.32. The Morgan fingerprint density at radius 1 is 0.800 bits per heavy atom. The summed E-state index contributed by atoms with van der Waals surface area (Å²) in [6, 6.07) is 2.45. The Labute approximate surface area is 254 Å². The van der Waals surface area contributed by atoms with E-state index in [-0.39, 0.29) is 39.9 Å². The lowest BCUT2D eigenvalue weighted by Gasteiger charge is -2.42. The molecule has 1 aromatic carbocycles. The van der Waals surface area contributed by atoms with Gasteiger partial charge in [0.05, 0.1) is 37.5 Å². The van der Waals surface area contributed by atoms with Gasteiger partial charge in [0.2, 0.25) is 23.9 Å². The average Bonchev–Trinajstić information content (AvgIpc) is 3.01. The molecular formula is C28H35O17+. The lowest BCUT2D eigenvalue weighted by atomic mass is 9.96. The van der Waals surface area contributed by atoms with Crippen molar-refractivity contribution in [3.8, 4) is 17.2 Å². The van der Waals surface area contributed by atoms with Crippen LogP contribution in [0.15, 0.2) is 53.2 Å². The van der Waals surface area contributed by atoms with Crippen molar-refractivity contribution in [3.05, 3.63) is 58.8 Å². The monoisotopic (exact) mass is 643 g/mol. The summed E-state index contributed by atoms with van der Waals surface area (Å²) >= 11 is 0. The van der Waals surface area contributed by atoms with E-state index in [1.807, 2.05) is 0 Å². The van der Waals surface area contributed by atoms with E-state index in [0.29, 0.717) is 0 Å². The minimum Gasteiger partial charge on any atom is -0.571 e. The molecule has 0 radical (unpaired) electrons. The first kappa shape index (κ1) is 32.8. The fourth-order valence-electron chi connectivity index (χ4n) is 5.22. The molecule has 0 bridgehead atoms. The highest BCUT2D eigenvalue weighted by Crippen LogP contribution is 2.42. The highest BCUT2D eigenvalue weighted by molar-refractivity contribution is 5.71. The minimum absolute atomic E-state index is 0.0263. The van der Waals surface area contributed by atoms with Gasteiger partial charge in [-0.1, -0.05) is 0 Å². The number of phenols is 2. The van der Waals surface area contributed by atoms with Crippen molar-refractivity contribution < 1.29 is 84.6 Å². The maximum absolute atomic E-state index is 10.8. The molecule has 5 rings (SSSR count). The van der Waals surface area contributed by atoms with Crippen LogP contribution in [0.2, 0.25) is 0 Å². The molecule has 1 aromatic rings. The van der Waals surface area contributed by atoms with E-state index in [0.717, 1.165) is 12.1 Å². The molecule has 2 fully saturated rings. The largest absolute Gasteiger partial charge is 0.571 e. The lowest BCUT2D eigenvalue weighted by Crippen LogP contribution is -2.61. The molecular weight excluding hydrogens is 608 g/mol. The highest BCUT2D eigenvalue weighted by Gasteiger charge is 2.49. The minimum atomic E-state index is -1.87. The Bertz CT molecular complexity index is 1390. The van der Waals surface area contributed by atoms with Crippen molar-refractivity contribution >= 4 is 5.76 Å². The highest BCUT2D eigenvalue weighted by atomic mass is 16.7. The number of phenolic OH excluding ortho intramolecular Hbond substituents is 2. The molecule has 11 atom stereocenters. The van der Waals surface area contributed by atoms with E-state index in [1.54, 1.807) is 0 Å². The van der Waals surface area contributed by atoms with E-state index in [4.69, 9.17) is 23.7 Å². The first-order valence-electron chi connectivity index (χ1n) is 13.7. The molecule has 3 aliphatic heterocycles. The number of allylic oxidation sites excluding steroid dienone is 2. The van der Waals surface area contributed by atoms with Gasteiger partial charge in [-0.15, -0.1) is 0 Å². The van der Waals surface area contributed by atoms with E-state index in [1.165, 1.54) is 25.3 Å². The van der Waals surface area contributed by atoms with Crippen LogP contribution < -0.4 is 4.74 Å². The van der Waals surface area contributed by atoms with E-state index < -0.39 is 92.2 Å². The summed E-state index contributed by atoms with van der Waals surface area (Å²) in [5, 5.41) is 113. The molecule has 1 aliphatic carbocycles. The van der Waals surface area contributed by atoms with Crippen LogP contribution in [0, 0.1) is 0 Å². The molecule has 0 saturated carbocycles. The number of hydrogen-bond donors (Lipinski definition) is 11. The van der Waals surface area contributed by atoms with Crippen molar-refractivity contribution in [1.29, 1.82) is 0 Å². The van der Waals surface area contributed by atoms with Crippen LogP contribution in [0.5, 0.6) is 17.2 Å². The fraction of sp³-hybridized carbons (Fsp3) is 0.500. The molecule has 12 N–H and O–H groups in total. The second kappa shape index (κ2) is 13.0. The van der Waals surface area contributed by atoms with Crippen molar-refractivity contribution in [2.75, 3.05) is 20.3 Å². The third-order valence-electron chi connectivity index (χ3n) is 7.75. The summed E-state index contributed by atoms with van der Waals surface area (Å²) in [5.74, 6) is -2.11. The van der Waals surface area contributed by atoms with Gasteiger partial charge in [-0.3, -0.25) is 0 Å². The Balaban J connectivity index is 1.43. The van der Waals surface area contributed by atoms with E-state index >= 15 is 0 Å². The van der Waals surface area contributed by atoms with Crippen LogP contribution in [0.4, 0.5) is 0 Å². The van der Waals surface area contributed by atoms with Crippen LogP contribution in [0.25, 0.3) is 5.76 Å². The van der Waals surface area contributed by atoms with Crippen LogP contribution in [-0.2, 0) is 18.9 Å². The zero-order valence-corrected chi connectivity index (χ0v) is 23.6. The summed E-state index contributed by atoms with van der Waals surface area (Å²) in [6.07, 6.45) is -13.9. The van der Waals surface area contributed by atoms with Gasteiger partial charge in [-0.05, 0) is 0 Å². The number of hydrogen-bond acceptors (Lipinski definition) is 16. The second-order valence-electron chi connectivity index (χ2n) is 10.7. The topological polar surface area (TPSA) is 281 Å². The molecule has 0 spiro atoms. The average molecular weight is 644 g/mol. The van der Waals surface area contributed by atoms with Crippen molar-refractivity contribution in [2.24, 2.45) is 0 Å². The number of aliphatic hydroxyl groups excluding tert-OH is 9. The number of aromatic hydroxyl groups is 2. The maximum atomic E-state index is 10.8. The van der Waals surface area contributed by atoms with Gasteiger partial charge in [0.1, 0.15) is 60.4 Å². The number of rotatable bonds is 8. The fourth-order valence-corrected chi connectivity index (χ4v) is 5.22. The Hall–Kier alpha value is -3.62. The van der Waals surface area contributed by atoms with Crippen molar-refractivity contribution in [3.63, 3.8) is 0 Å². The molecule has 17 nitrogen and oxygen atoms in total. The standard InChI is InChI=1S/C28H34O17/c1-40-15-3-9(2-13(32)19(15)33)26-16(6-11-12(31)4-10(30)5-14(11)42-26)43-28-25(39)23(37)21(35)18(45-28)8-41-27-24(38)22(36)20(34)17(7-29)44-27/h2-6,14,17-18,20-25,27-39H,7-8H2,1H3/p+1. The zero-order chi connectivity index (χ0) is 32.7. The third kappa shape index (κ3) is 6.27. The molecule has 248 valence electrons. The van der Waals surface area contributed by atoms with Crippen LogP contribution in [-0.4, -0.2) is 149 Å². The van der Waals surface area contributed by atoms with Crippen LogP contribution >= 0.6 is 0 Å². The van der Waals surface area contributed by atoms with E-state index in [2.05, 4.69) is 4.74 Å². The van der Waals surface area contributed by atoms with Gasteiger partial charge in [-0.25, -0.2) is 0 Å². The predicted octanol–water partition coefficient (Wildman–Crippen LogP) is -2.85. The van der Waals surface area contributed by atoms with Gasteiger partial charge in [-0.2, -0.15) is 0 Å². The number of fused-ring (bicyclic) bond motifs is 1. The first-order valence-corrected chi connectivity index (χ1v) is 13.7. The van der Waals surface area contributed by atoms with E-state index in [9.17, 15) is 56.2 Å². The third-order valence-corrected chi connectivity index (χ3v) is 7.75. The van der Waals surface area contributed by atoms with Gasteiger partial charge in [0.25, 0.3) is 0 Å². The molecule has 0 amide bonds. The number of ether oxygens (including phenoxy) is 6. The second-order valence-corrected chi connectivity index (χ2v) is 10.7. The molecule has 0 aromatic heterocycles. The number of methoxy groups -OCH3 is 1. The maximum Gasteiger partial charge on any atom is 0.305 e. The SMILES string of the molecule is COc1cc(C2=C(OC3OC(COC4OC(CO)C(O)C(O)C4O)C(O)C(O)C3O)C=C3C(O)=CC(O)=CC3[OH+]2)cc(O)c1O. The van der Waals surface area contributed by atoms with Crippen molar-refractivity contribution in [1.82, 2.24) is 0 Å². The van der Waals surface area contributed by atoms with Crippen LogP contribution in [0.1, 0.15) is 5.56 Å². The first-order chi connectivity index (χ1) is 21.3. The summed E-state index contributed by atoms with van der Waals surface area (Å²) in [7, 11) is 1.25. The van der Waals surface area contributed by atoms with Gasteiger partial charge < -0.3 is 84.6 Å². The predicted molar refractivity (Wildman–Crippen MR) is 146 cm³/mol. The Morgan fingerprint density at radius 3 is 2.11 bits per heavy atom. The van der Waals surface area contributed by atoms with Gasteiger partial charge in [0, 0.05) is 24.3 Å². The molecule has 4 aliphatic rings. The number of aliphatic hydroxyl groups is 11. The Morgan fingerprint density at radius 2 is 1.44 bits per heavy atom. The normalized spacial score (nSPS) is 36.7. The molecule has 11 unspecified atom stereocenters. The lowest BCUT2D eigenvalue weighted by molar-refractivity contribution is -0.327. The summed E-state index contributed by atoms with van der Waals surface area (Å²) in [4.78, 5) is 0.